The minimum absolute atomic E-state index is 0.188. The minimum Gasteiger partial charge on any atom is -0.348 e. The zero-order chi connectivity index (χ0) is 17.2. The van der Waals surface area contributed by atoms with Crippen molar-refractivity contribution in [3.63, 3.8) is 0 Å². The van der Waals surface area contributed by atoms with Crippen molar-refractivity contribution in [2.45, 2.75) is 26.3 Å². The van der Waals surface area contributed by atoms with Crippen molar-refractivity contribution in [1.82, 2.24) is 20.5 Å². The standard InChI is InChI=1S/C17H19N5OS2/c1-11-4-5-15(25-11)13-8-14(21-20-13)16(23)18-9-12-10-24-17(19-12)22-6-2-3-7-22/h4-5,8,10H,2-3,6-7,9H2,1H3,(H,18,23)(H,20,21). The van der Waals surface area contributed by atoms with Crippen LogP contribution in [0.2, 0.25) is 0 Å². The third-order valence-electron chi connectivity index (χ3n) is 4.16. The SMILES string of the molecule is Cc1ccc(-c2cc(C(=O)NCc3csc(N4CCCC4)n3)n[nH]2)s1. The largest absolute Gasteiger partial charge is 0.348 e. The van der Waals surface area contributed by atoms with E-state index in [4.69, 9.17) is 0 Å². The number of nitrogens with zero attached hydrogens (tertiary/aromatic N) is 3. The molecule has 4 rings (SSSR count). The summed E-state index contributed by atoms with van der Waals surface area (Å²) in [5.41, 5.74) is 2.16. The van der Waals surface area contributed by atoms with Crippen LogP contribution >= 0.6 is 22.7 Å². The molecule has 0 aromatic carbocycles. The molecule has 0 bridgehead atoms. The van der Waals surface area contributed by atoms with Crippen LogP contribution in [0.5, 0.6) is 0 Å². The maximum atomic E-state index is 12.3. The Labute approximate surface area is 153 Å². The molecule has 0 spiro atoms. The molecule has 1 aliphatic heterocycles. The number of anilines is 1. The van der Waals surface area contributed by atoms with Crippen LogP contribution in [-0.2, 0) is 6.54 Å². The lowest BCUT2D eigenvalue weighted by Gasteiger charge is -2.12. The maximum Gasteiger partial charge on any atom is 0.272 e. The van der Waals surface area contributed by atoms with E-state index in [1.807, 2.05) is 11.4 Å². The summed E-state index contributed by atoms with van der Waals surface area (Å²) in [7, 11) is 0. The van der Waals surface area contributed by atoms with Crippen LogP contribution in [-0.4, -0.2) is 34.2 Å². The first-order valence-electron chi connectivity index (χ1n) is 8.29. The van der Waals surface area contributed by atoms with Crippen molar-refractivity contribution in [3.05, 3.63) is 39.8 Å². The Balaban J connectivity index is 1.37. The normalized spacial score (nSPS) is 14.2. The third-order valence-corrected chi connectivity index (χ3v) is 6.15. The van der Waals surface area contributed by atoms with Gasteiger partial charge in [-0.15, -0.1) is 22.7 Å². The fourth-order valence-corrected chi connectivity index (χ4v) is 4.55. The molecule has 1 saturated heterocycles. The molecule has 0 aliphatic carbocycles. The molecule has 3 aromatic heterocycles. The van der Waals surface area contributed by atoms with Gasteiger partial charge in [0.25, 0.3) is 5.91 Å². The van der Waals surface area contributed by atoms with Crippen molar-refractivity contribution in [2.75, 3.05) is 18.0 Å². The van der Waals surface area contributed by atoms with E-state index < -0.39 is 0 Å². The number of carbonyl (C=O) groups excluding carboxylic acids is 1. The zero-order valence-electron chi connectivity index (χ0n) is 13.9. The van der Waals surface area contributed by atoms with Crippen molar-refractivity contribution >= 4 is 33.7 Å². The van der Waals surface area contributed by atoms with Crippen LogP contribution in [0, 0.1) is 6.92 Å². The molecule has 0 atom stereocenters. The van der Waals surface area contributed by atoms with Crippen LogP contribution in [0.4, 0.5) is 5.13 Å². The smallest absolute Gasteiger partial charge is 0.272 e. The second-order valence-electron chi connectivity index (χ2n) is 6.08. The fraction of sp³-hybridized carbons (Fsp3) is 0.353. The molecule has 8 heteroatoms. The number of aryl methyl sites for hydroxylation is 1. The van der Waals surface area contributed by atoms with Gasteiger partial charge >= 0.3 is 0 Å². The van der Waals surface area contributed by atoms with Crippen LogP contribution in [0.15, 0.2) is 23.6 Å². The molecule has 3 aromatic rings. The summed E-state index contributed by atoms with van der Waals surface area (Å²) in [5, 5.41) is 13.0. The summed E-state index contributed by atoms with van der Waals surface area (Å²) in [5.74, 6) is -0.188. The molecule has 25 heavy (non-hydrogen) atoms. The lowest BCUT2D eigenvalue weighted by Crippen LogP contribution is -2.23. The predicted molar refractivity (Wildman–Crippen MR) is 101 cm³/mol. The Kier molecular flexibility index (Phi) is 4.54. The third kappa shape index (κ3) is 3.59. The van der Waals surface area contributed by atoms with E-state index in [0.29, 0.717) is 12.2 Å². The average molecular weight is 374 g/mol. The van der Waals surface area contributed by atoms with E-state index in [2.05, 4.69) is 38.4 Å². The highest BCUT2D eigenvalue weighted by Gasteiger charge is 2.16. The molecule has 6 nitrogen and oxygen atoms in total. The Morgan fingerprint density at radius 1 is 1.36 bits per heavy atom. The summed E-state index contributed by atoms with van der Waals surface area (Å²) in [6.07, 6.45) is 2.47. The Bertz CT molecular complexity index is 875. The Hall–Kier alpha value is -2.19. The van der Waals surface area contributed by atoms with Gasteiger partial charge < -0.3 is 10.2 Å². The highest BCUT2D eigenvalue weighted by Crippen LogP contribution is 2.26. The number of hydrogen-bond donors (Lipinski definition) is 2. The number of amides is 1. The number of aromatic nitrogens is 3. The first kappa shape index (κ1) is 16.3. The summed E-state index contributed by atoms with van der Waals surface area (Å²) in [4.78, 5) is 21.5. The Morgan fingerprint density at radius 2 is 2.20 bits per heavy atom. The number of rotatable bonds is 5. The second kappa shape index (κ2) is 6.97. The first-order chi connectivity index (χ1) is 12.2. The average Bonchev–Trinajstić information content (AvgIpc) is 3.38. The van der Waals surface area contributed by atoms with Crippen molar-refractivity contribution in [3.8, 4) is 10.6 Å². The molecular weight excluding hydrogens is 354 g/mol. The van der Waals surface area contributed by atoms with Crippen molar-refractivity contribution in [1.29, 1.82) is 0 Å². The van der Waals surface area contributed by atoms with Gasteiger partial charge in [-0.25, -0.2) is 4.98 Å². The van der Waals surface area contributed by atoms with Gasteiger partial charge in [0.15, 0.2) is 10.8 Å². The van der Waals surface area contributed by atoms with Gasteiger partial charge in [0.2, 0.25) is 0 Å². The second-order valence-corrected chi connectivity index (χ2v) is 8.20. The van der Waals surface area contributed by atoms with E-state index in [9.17, 15) is 4.79 Å². The van der Waals surface area contributed by atoms with Crippen LogP contribution < -0.4 is 10.2 Å². The summed E-state index contributed by atoms with van der Waals surface area (Å²) < 4.78 is 0. The first-order valence-corrected chi connectivity index (χ1v) is 9.98. The van der Waals surface area contributed by atoms with E-state index in [1.165, 1.54) is 17.7 Å². The molecule has 0 unspecified atom stereocenters. The predicted octanol–water partition coefficient (Wildman–Crippen LogP) is 3.43. The number of hydrogen-bond acceptors (Lipinski definition) is 6. The van der Waals surface area contributed by atoms with E-state index in [-0.39, 0.29) is 5.91 Å². The van der Waals surface area contributed by atoms with Crippen molar-refractivity contribution < 1.29 is 4.79 Å². The molecule has 1 amide bonds. The van der Waals surface area contributed by atoms with Gasteiger partial charge in [0, 0.05) is 23.3 Å². The maximum absolute atomic E-state index is 12.3. The lowest BCUT2D eigenvalue weighted by molar-refractivity contribution is 0.0945. The van der Waals surface area contributed by atoms with Gasteiger partial charge in [-0.05, 0) is 38.0 Å². The molecule has 130 valence electrons. The monoisotopic (exact) mass is 373 g/mol. The molecule has 0 radical (unpaired) electrons. The van der Waals surface area contributed by atoms with Crippen LogP contribution in [0.25, 0.3) is 10.6 Å². The van der Waals surface area contributed by atoms with Crippen molar-refractivity contribution in [2.24, 2.45) is 0 Å². The summed E-state index contributed by atoms with van der Waals surface area (Å²) >= 11 is 3.32. The quantitative estimate of drug-likeness (QED) is 0.718. The van der Waals surface area contributed by atoms with Gasteiger partial charge in [-0.2, -0.15) is 5.10 Å². The topological polar surface area (TPSA) is 73.9 Å². The lowest BCUT2D eigenvalue weighted by atomic mass is 10.3. The van der Waals surface area contributed by atoms with Gasteiger partial charge in [-0.3, -0.25) is 9.89 Å². The Morgan fingerprint density at radius 3 is 2.96 bits per heavy atom. The summed E-state index contributed by atoms with van der Waals surface area (Å²) in [6, 6.07) is 5.88. The summed E-state index contributed by atoms with van der Waals surface area (Å²) in [6.45, 7) is 4.64. The minimum atomic E-state index is -0.188. The number of nitrogens with one attached hydrogen (secondary N) is 2. The highest BCUT2D eigenvalue weighted by molar-refractivity contribution is 7.15. The van der Waals surface area contributed by atoms with Gasteiger partial charge in [0.05, 0.1) is 22.8 Å². The number of carbonyl (C=O) groups is 1. The zero-order valence-corrected chi connectivity index (χ0v) is 15.5. The van der Waals surface area contributed by atoms with Gasteiger partial charge in [0.1, 0.15) is 0 Å². The van der Waals surface area contributed by atoms with E-state index in [1.54, 1.807) is 28.7 Å². The molecule has 4 heterocycles. The molecule has 1 aliphatic rings. The van der Waals surface area contributed by atoms with Gasteiger partial charge in [-0.1, -0.05) is 0 Å². The molecule has 2 N–H and O–H groups in total. The molecular formula is C17H19N5OS2. The molecule has 1 fully saturated rings. The number of thiazole rings is 1. The van der Waals surface area contributed by atoms with Crippen LogP contribution in [0.1, 0.15) is 33.9 Å². The highest BCUT2D eigenvalue weighted by atomic mass is 32.1. The fourth-order valence-electron chi connectivity index (χ4n) is 2.84. The van der Waals surface area contributed by atoms with Crippen LogP contribution in [0.3, 0.4) is 0 Å². The number of aromatic amines is 1. The number of H-pyrrole nitrogens is 1. The molecule has 0 saturated carbocycles. The van der Waals surface area contributed by atoms with E-state index >= 15 is 0 Å². The number of thiophene rings is 1. The van der Waals surface area contributed by atoms with E-state index in [0.717, 1.165) is 34.5 Å².